The van der Waals surface area contributed by atoms with E-state index in [2.05, 4.69) is 19.2 Å². The molecule has 0 spiro atoms. The first-order chi connectivity index (χ1) is 8.99. The van der Waals surface area contributed by atoms with Crippen LogP contribution in [0.15, 0.2) is 0 Å². The lowest BCUT2D eigenvalue weighted by atomic mass is 9.96. The molecule has 1 saturated carbocycles. The summed E-state index contributed by atoms with van der Waals surface area (Å²) in [5, 5.41) is 2.81. The zero-order valence-electron chi connectivity index (χ0n) is 12.3. The van der Waals surface area contributed by atoms with Crippen molar-refractivity contribution >= 4 is 11.8 Å². The summed E-state index contributed by atoms with van der Waals surface area (Å²) in [5.74, 6) is 1.13. The minimum atomic E-state index is -0.364. The Morgan fingerprint density at radius 3 is 2.47 bits per heavy atom. The van der Waals surface area contributed by atoms with E-state index in [0.717, 1.165) is 13.0 Å². The first-order valence-electron chi connectivity index (χ1n) is 7.60. The molecule has 19 heavy (non-hydrogen) atoms. The SMILES string of the molecule is CC(C)CC1C(=O)NC(C)C(=O)N1CC1CCCC1. The van der Waals surface area contributed by atoms with Crippen molar-refractivity contribution in [2.75, 3.05) is 6.54 Å². The summed E-state index contributed by atoms with van der Waals surface area (Å²) in [7, 11) is 0. The van der Waals surface area contributed by atoms with E-state index in [9.17, 15) is 9.59 Å². The molecule has 2 unspecified atom stereocenters. The topological polar surface area (TPSA) is 49.4 Å². The van der Waals surface area contributed by atoms with Crippen molar-refractivity contribution in [3.63, 3.8) is 0 Å². The van der Waals surface area contributed by atoms with Gasteiger partial charge in [0.1, 0.15) is 12.1 Å². The number of carbonyl (C=O) groups is 2. The Kier molecular flexibility index (Phi) is 4.48. The Bertz CT molecular complexity index is 348. The van der Waals surface area contributed by atoms with E-state index in [1.807, 2.05) is 4.90 Å². The molecule has 2 aliphatic rings. The first kappa shape index (κ1) is 14.4. The maximum atomic E-state index is 12.4. The zero-order valence-corrected chi connectivity index (χ0v) is 12.3. The monoisotopic (exact) mass is 266 g/mol. The Morgan fingerprint density at radius 2 is 1.89 bits per heavy atom. The van der Waals surface area contributed by atoms with Crippen molar-refractivity contribution in [1.29, 1.82) is 0 Å². The molecule has 108 valence electrons. The molecule has 0 radical (unpaired) electrons. The van der Waals surface area contributed by atoms with Crippen molar-refractivity contribution in [1.82, 2.24) is 10.2 Å². The number of nitrogens with zero attached hydrogens (tertiary/aromatic N) is 1. The average Bonchev–Trinajstić information content (AvgIpc) is 2.83. The van der Waals surface area contributed by atoms with Crippen molar-refractivity contribution in [3.05, 3.63) is 0 Å². The van der Waals surface area contributed by atoms with E-state index in [1.54, 1.807) is 6.92 Å². The molecule has 1 heterocycles. The van der Waals surface area contributed by atoms with E-state index in [0.29, 0.717) is 11.8 Å². The average molecular weight is 266 g/mol. The summed E-state index contributed by atoms with van der Waals surface area (Å²) in [5.41, 5.74) is 0. The fourth-order valence-corrected chi connectivity index (χ4v) is 3.28. The molecule has 2 atom stereocenters. The fourth-order valence-electron chi connectivity index (χ4n) is 3.28. The van der Waals surface area contributed by atoms with Crippen LogP contribution in [0.2, 0.25) is 0 Å². The van der Waals surface area contributed by atoms with Gasteiger partial charge in [0.05, 0.1) is 0 Å². The summed E-state index contributed by atoms with van der Waals surface area (Å²) in [6, 6.07) is -0.624. The van der Waals surface area contributed by atoms with Crippen molar-refractivity contribution in [2.24, 2.45) is 11.8 Å². The normalized spacial score (nSPS) is 29.2. The van der Waals surface area contributed by atoms with Gasteiger partial charge in [-0.15, -0.1) is 0 Å². The summed E-state index contributed by atoms with van der Waals surface area (Å²) < 4.78 is 0. The van der Waals surface area contributed by atoms with Crippen LogP contribution in [0.25, 0.3) is 0 Å². The van der Waals surface area contributed by atoms with Gasteiger partial charge >= 0.3 is 0 Å². The van der Waals surface area contributed by atoms with E-state index in [4.69, 9.17) is 0 Å². The summed E-state index contributed by atoms with van der Waals surface area (Å²) in [4.78, 5) is 26.4. The van der Waals surface area contributed by atoms with E-state index in [1.165, 1.54) is 25.7 Å². The predicted molar refractivity (Wildman–Crippen MR) is 74.5 cm³/mol. The van der Waals surface area contributed by atoms with Crippen LogP contribution in [0.3, 0.4) is 0 Å². The van der Waals surface area contributed by atoms with Gasteiger partial charge in [0, 0.05) is 6.54 Å². The number of piperazine rings is 1. The van der Waals surface area contributed by atoms with E-state index in [-0.39, 0.29) is 23.9 Å². The summed E-state index contributed by atoms with van der Waals surface area (Å²) >= 11 is 0. The van der Waals surface area contributed by atoms with Crippen LogP contribution in [0, 0.1) is 11.8 Å². The highest BCUT2D eigenvalue weighted by atomic mass is 16.2. The fraction of sp³-hybridized carbons (Fsp3) is 0.867. The van der Waals surface area contributed by atoms with Gasteiger partial charge in [0.2, 0.25) is 11.8 Å². The Balaban J connectivity index is 2.10. The second kappa shape index (κ2) is 5.93. The number of rotatable bonds is 4. The molecular formula is C15H26N2O2. The lowest BCUT2D eigenvalue weighted by Crippen LogP contribution is -2.63. The van der Waals surface area contributed by atoms with E-state index >= 15 is 0 Å². The molecule has 2 rings (SSSR count). The maximum Gasteiger partial charge on any atom is 0.245 e. The highest BCUT2D eigenvalue weighted by molar-refractivity contribution is 5.96. The van der Waals surface area contributed by atoms with Crippen LogP contribution in [0.1, 0.15) is 52.9 Å². The third-order valence-corrected chi connectivity index (χ3v) is 4.32. The lowest BCUT2D eigenvalue weighted by molar-refractivity contribution is -0.150. The molecule has 0 aromatic heterocycles. The second-order valence-corrected chi connectivity index (χ2v) is 6.52. The summed E-state index contributed by atoms with van der Waals surface area (Å²) in [6.07, 6.45) is 5.70. The Labute approximate surface area is 115 Å². The van der Waals surface area contributed by atoms with Gasteiger partial charge in [-0.2, -0.15) is 0 Å². The quantitative estimate of drug-likeness (QED) is 0.845. The number of amides is 2. The molecule has 4 heteroatoms. The third-order valence-electron chi connectivity index (χ3n) is 4.32. The molecule has 1 aliphatic carbocycles. The summed E-state index contributed by atoms with van der Waals surface area (Å²) in [6.45, 7) is 6.76. The number of carbonyl (C=O) groups excluding carboxylic acids is 2. The molecule has 1 aliphatic heterocycles. The molecule has 1 N–H and O–H groups in total. The minimum Gasteiger partial charge on any atom is -0.343 e. The first-order valence-corrected chi connectivity index (χ1v) is 7.60. The zero-order chi connectivity index (χ0) is 14.0. The maximum absolute atomic E-state index is 12.4. The molecule has 4 nitrogen and oxygen atoms in total. The molecule has 1 saturated heterocycles. The largest absolute Gasteiger partial charge is 0.343 e. The number of hydrogen-bond acceptors (Lipinski definition) is 2. The van der Waals surface area contributed by atoms with Crippen LogP contribution >= 0.6 is 0 Å². The standard InChI is InChI=1S/C15H26N2O2/c1-10(2)8-13-14(18)16-11(3)15(19)17(13)9-12-6-4-5-7-12/h10-13H,4-9H2,1-3H3,(H,16,18). The smallest absolute Gasteiger partial charge is 0.245 e. The van der Waals surface area contributed by atoms with Crippen molar-refractivity contribution in [3.8, 4) is 0 Å². The van der Waals surface area contributed by atoms with Crippen molar-refractivity contribution in [2.45, 2.75) is 65.0 Å². The number of nitrogens with one attached hydrogen (secondary N) is 1. The predicted octanol–water partition coefficient (Wildman–Crippen LogP) is 1.94. The van der Waals surface area contributed by atoms with Crippen LogP contribution in [0.4, 0.5) is 0 Å². The van der Waals surface area contributed by atoms with Crippen molar-refractivity contribution < 1.29 is 9.59 Å². The van der Waals surface area contributed by atoms with Crippen LogP contribution in [-0.2, 0) is 9.59 Å². The molecule has 2 fully saturated rings. The molecule has 0 aromatic rings. The van der Waals surface area contributed by atoms with Crippen LogP contribution in [-0.4, -0.2) is 35.3 Å². The van der Waals surface area contributed by atoms with Gasteiger partial charge < -0.3 is 10.2 Å². The highest BCUT2D eigenvalue weighted by Crippen LogP contribution is 2.28. The third kappa shape index (κ3) is 3.28. The Hall–Kier alpha value is -1.06. The Morgan fingerprint density at radius 1 is 1.26 bits per heavy atom. The van der Waals surface area contributed by atoms with Gasteiger partial charge in [-0.25, -0.2) is 0 Å². The molecular weight excluding hydrogens is 240 g/mol. The van der Waals surface area contributed by atoms with Gasteiger partial charge in [0.15, 0.2) is 0 Å². The van der Waals surface area contributed by atoms with Gasteiger partial charge in [-0.3, -0.25) is 9.59 Å². The van der Waals surface area contributed by atoms with Crippen LogP contribution < -0.4 is 5.32 Å². The van der Waals surface area contributed by atoms with Gasteiger partial charge in [0.25, 0.3) is 0 Å². The number of hydrogen-bond donors (Lipinski definition) is 1. The van der Waals surface area contributed by atoms with Gasteiger partial charge in [-0.05, 0) is 38.0 Å². The molecule has 0 aromatic carbocycles. The van der Waals surface area contributed by atoms with Gasteiger partial charge in [-0.1, -0.05) is 26.7 Å². The molecule has 0 bridgehead atoms. The van der Waals surface area contributed by atoms with E-state index < -0.39 is 0 Å². The van der Waals surface area contributed by atoms with Crippen LogP contribution in [0.5, 0.6) is 0 Å². The lowest BCUT2D eigenvalue weighted by Gasteiger charge is -2.40. The minimum absolute atomic E-state index is 0.0267. The highest BCUT2D eigenvalue weighted by Gasteiger charge is 2.39. The second-order valence-electron chi connectivity index (χ2n) is 6.52. The molecule has 2 amide bonds.